The second-order valence-corrected chi connectivity index (χ2v) is 3.12. The average Bonchev–Trinajstić information content (AvgIpc) is 2.20. The summed E-state index contributed by atoms with van der Waals surface area (Å²) in [4.78, 5) is 25.1. The van der Waals surface area contributed by atoms with Gasteiger partial charge >= 0.3 is 5.97 Å². The number of aromatic carboxylic acids is 1. The van der Waals surface area contributed by atoms with Crippen molar-refractivity contribution in [1.82, 2.24) is 4.98 Å². The van der Waals surface area contributed by atoms with E-state index in [1.807, 2.05) is 0 Å². The maximum absolute atomic E-state index is 12.8. The van der Waals surface area contributed by atoms with E-state index in [2.05, 4.69) is 10.3 Å². The number of carbonyl (C=O) groups is 2. The first-order valence-corrected chi connectivity index (χ1v) is 4.36. The molecule has 0 spiro atoms. The number of nitrogens with two attached hydrogens (primary N) is 1. The van der Waals surface area contributed by atoms with Gasteiger partial charge in [-0.25, -0.2) is 14.2 Å². The van der Waals surface area contributed by atoms with Gasteiger partial charge in [0.15, 0.2) is 0 Å². The Bertz CT molecular complexity index is 436. The minimum absolute atomic E-state index is 0.0970. The van der Waals surface area contributed by atoms with Crippen LogP contribution in [0.15, 0.2) is 12.3 Å². The zero-order chi connectivity index (χ0) is 12.3. The van der Waals surface area contributed by atoms with Gasteiger partial charge in [-0.15, -0.1) is 0 Å². The Labute approximate surface area is 90.3 Å². The van der Waals surface area contributed by atoms with Crippen molar-refractivity contribution in [3.8, 4) is 0 Å². The first-order chi connectivity index (χ1) is 7.41. The minimum atomic E-state index is -1.34. The number of anilines is 1. The number of hydrogen-bond acceptors (Lipinski definition) is 4. The fourth-order valence-electron chi connectivity index (χ4n) is 0.994. The van der Waals surface area contributed by atoms with Crippen molar-refractivity contribution < 1.29 is 19.1 Å². The van der Waals surface area contributed by atoms with Gasteiger partial charge in [0.2, 0.25) is 5.91 Å². The van der Waals surface area contributed by atoms with E-state index in [9.17, 15) is 14.0 Å². The highest BCUT2D eigenvalue weighted by atomic mass is 19.1. The van der Waals surface area contributed by atoms with Crippen LogP contribution in [0.4, 0.5) is 10.2 Å². The molecule has 0 aliphatic heterocycles. The van der Waals surface area contributed by atoms with E-state index < -0.39 is 23.7 Å². The van der Waals surface area contributed by atoms with E-state index in [1.54, 1.807) is 0 Å². The largest absolute Gasteiger partial charge is 0.478 e. The molecule has 1 aromatic heterocycles. The van der Waals surface area contributed by atoms with Crippen LogP contribution in [0.5, 0.6) is 0 Å². The number of hydrogen-bond donors (Lipinski definition) is 3. The molecule has 0 bridgehead atoms. The maximum atomic E-state index is 12.8. The van der Waals surface area contributed by atoms with E-state index in [0.717, 1.165) is 12.3 Å². The summed E-state index contributed by atoms with van der Waals surface area (Å²) in [5, 5.41) is 11.3. The van der Waals surface area contributed by atoms with Crippen molar-refractivity contribution in [2.45, 2.75) is 13.0 Å². The van der Waals surface area contributed by atoms with Gasteiger partial charge in [0.05, 0.1) is 6.20 Å². The molecule has 4 N–H and O–H groups in total. The van der Waals surface area contributed by atoms with Crippen LogP contribution in [-0.2, 0) is 4.79 Å². The van der Waals surface area contributed by atoms with Gasteiger partial charge < -0.3 is 16.2 Å². The van der Waals surface area contributed by atoms with Gasteiger partial charge in [0.25, 0.3) is 0 Å². The van der Waals surface area contributed by atoms with Crippen LogP contribution < -0.4 is 11.1 Å². The Morgan fingerprint density at radius 3 is 2.75 bits per heavy atom. The van der Waals surface area contributed by atoms with E-state index in [4.69, 9.17) is 10.8 Å². The number of nitrogens with one attached hydrogen (secondary N) is 1. The monoisotopic (exact) mass is 227 g/mol. The van der Waals surface area contributed by atoms with Crippen molar-refractivity contribution in [2.24, 2.45) is 5.73 Å². The lowest BCUT2D eigenvalue weighted by Crippen LogP contribution is -2.33. The standard InChI is InChI=1S/C9H10FN3O3/c1-4(7(11)14)13-8-6(9(15)16)2-5(10)3-12-8/h2-4H,1H3,(H2,11,14)(H,12,13)(H,15,16). The third kappa shape index (κ3) is 2.66. The van der Waals surface area contributed by atoms with Crippen LogP contribution in [0.2, 0.25) is 0 Å². The van der Waals surface area contributed by atoms with Crippen LogP contribution in [0.1, 0.15) is 17.3 Å². The molecule has 0 aliphatic carbocycles. The zero-order valence-corrected chi connectivity index (χ0v) is 8.40. The summed E-state index contributed by atoms with van der Waals surface area (Å²) >= 11 is 0. The molecule has 1 atom stereocenters. The Balaban J connectivity index is 3.04. The molecule has 7 heteroatoms. The molecule has 1 unspecified atom stereocenters. The molecule has 0 aliphatic rings. The highest BCUT2D eigenvalue weighted by Crippen LogP contribution is 2.14. The molecule has 0 radical (unpaired) electrons. The number of amides is 1. The van der Waals surface area contributed by atoms with Crippen LogP contribution >= 0.6 is 0 Å². The molecule has 6 nitrogen and oxygen atoms in total. The Kier molecular flexibility index (Phi) is 3.39. The Morgan fingerprint density at radius 2 is 2.25 bits per heavy atom. The second kappa shape index (κ2) is 4.56. The number of carboxylic acid groups (broad SMARTS) is 1. The molecule has 0 saturated heterocycles. The number of rotatable bonds is 4. The topological polar surface area (TPSA) is 105 Å². The summed E-state index contributed by atoms with van der Waals surface area (Å²) in [6.07, 6.45) is 0.850. The smallest absolute Gasteiger partial charge is 0.339 e. The van der Waals surface area contributed by atoms with Crippen LogP contribution in [0.3, 0.4) is 0 Å². The van der Waals surface area contributed by atoms with Gasteiger partial charge in [-0.2, -0.15) is 0 Å². The van der Waals surface area contributed by atoms with Gasteiger partial charge in [-0.05, 0) is 13.0 Å². The van der Waals surface area contributed by atoms with Crippen molar-refractivity contribution in [1.29, 1.82) is 0 Å². The minimum Gasteiger partial charge on any atom is -0.478 e. The molecular formula is C9H10FN3O3. The number of pyridine rings is 1. The van der Waals surface area contributed by atoms with Gasteiger partial charge in [-0.3, -0.25) is 4.79 Å². The van der Waals surface area contributed by atoms with Crippen molar-refractivity contribution in [2.75, 3.05) is 5.32 Å². The predicted octanol–water partition coefficient (Wildman–Crippen LogP) is 0.205. The first kappa shape index (κ1) is 11.9. The molecule has 1 amide bonds. The zero-order valence-electron chi connectivity index (χ0n) is 8.40. The molecule has 0 aromatic carbocycles. The summed E-state index contributed by atoms with van der Waals surface area (Å²) < 4.78 is 12.8. The summed E-state index contributed by atoms with van der Waals surface area (Å²) in [6, 6.07) is 0.0156. The summed E-state index contributed by atoms with van der Waals surface area (Å²) in [5.74, 6) is -2.87. The molecule has 16 heavy (non-hydrogen) atoms. The van der Waals surface area contributed by atoms with Gasteiger partial charge in [-0.1, -0.05) is 0 Å². The van der Waals surface area contributed by atoms with E-state index in [0.29, 0.717) is 0 Å². The average molecular weight is 227 g/mol. The quantitative estimate of drug-likeness (QED) is 0.681. The third-order valence-electron chi connectivity index (χ3n) is 1.86. The first-order valence-electron chi connectivity index (χ1n) is 4.36. The van der Waals surface area contributed by atoms with Gasteiger partial charge in [0, 0.05) is 0 Å². The maximum Gasteiger partial charge on any atom is 0.339 e. The summed E-state index contributed by atoms with van der Waals surface area (Å²) in [5.41, 5.74) is 4.64. The fourth-order valence-corrected chi connectivity index (χ4v) is 0.994. The number of nitrogens with zero attached hydrogens (tertiary/aromatic N) is 1. The van der Waals surface area contributed by atoms with E-state index >= 15 is 0 Å². The second-order valence-electron chi connectivity index (χ2n) is 3.12. The fraction of sp³-hybridized carbons (Fsp3) is 0.222. The highest BCUT2D eigenvalue weighted by Gasteiger charge is 2.16. The highest BCUT2D eigenvalue weighted by molar-refractivity contribution is 5.94. The number of aromatic nitrogens is 1. The molecule has 0 fully saturated rings. The molecule has 1 aromatic rings. The predicted molar refractivity (Wildman–Crippen MR) is 53.4 cm³/mol. The van der Waals surface area contributed by atoms with Crippen LogP contribution in [-0.4, -0.2) is 28.0 Å². The van der Waals surface area contributed by atoms with Crippen LogP contribution in [0, 0.1) is 5.82 Å². The SMILES string of the molecule is CC(Nc1ncc(F)cc1C(=O)O)C(N)=O. The molecule has 86 valence electrons. The number of primary amides is 1. The molecule has 1 heterocycles. The van der Waals surface area contributed by atoms with Crippen molar-refractivity contribution in [3.05, 3.63) is 23.6 Å². The summed E-state index contributed by atoms with van der Waals surface area (Å²) in [6.45, 7) is 1.44. The number of carboxylic acids is 1. The van der Waals surface area contributed by atoms with Crippen molar-refractivity contribution >= 4 is 17.7 Å². The lowest BCUT2D eigenvalue weighted by Gasteiger charge is -2.12. The van der Waals surface area contributed by atoms with E-state index in [1.165, 1.54) is 6.92 Å². The third-order valence-corrected chi connectivity index (χ3v) is 1.86. The molecular weight excluding hydrogens is 217 g/mol. The van der Waals surface area contributed by atoms with Crippen molar-refractivity contribution in [3.63, 3.8) is 0 Å². The number of halogens is 1. The lowest BCUT2D eigenvalue weighted by atomic mass is 10.2. The number of carbonyl (C=O) groups excluding carboxylic acids is 1. The molecule has 1 rings (SSSR count). The molecule has 0 saturated carbocycles. The Hall–Kier alpha value is -2.18. The van der Waals surface area contributed by atoms with Crippen LogP contribution in [0.25, 0.3) is 0 Å². The lowest BCUT2D eigenvalue weighted by molar-refractivity contribution is -0.118. The summed E-state index contributed by atoms with van der Waals surface area (Å²) in [7, 11) is 0. The normalized spacial score (nSPS) is 11.9. The van der Waals surface area contributed by atoms with E-state index in [-0.39, 0.29) is 11.4 Å². The van der Waals surface area contributed by atoms with Gasteiger partial charge in [0.1, 0.15) is 23.2 Å². The Morgan fingerprint density at radius 1 is 1.62 bits per heavy atom.